The van der Waals surface area contributed by atoms with Gasteiger partial charge >= 0.3 is 209 Å². The van der Waals surface area contributed by atoms with E-state index in [1.54, 1.807) is 23.2 Å². The number of primary amides is 1. The Morgan fingerprint density at radius 1 is 1.34 bits per heavy atom. The van der Waals surface area contributed by atoms with E-state index in [0.717, 1.165) is 5.56 Å². The summed E-state index contributed by atoms with van der Waals surface area (Å²) in [4.78, 5) is 24.5. The number of amides is 1. The van der Waals surface area contributed by atoms with E-state index in [4.69, 9.17) is 45.1 Å². The normalized spacial score (nSPS) is 34.3. The molecule has 4 aliphatic rings. The number of hydrogen-bond donors (Lipinski definition) is 2. The molecule has 0 spiro atoms. The van der Waals surface area contributed by atoms with Gasteiger partial charge in [0.2, 0.25) is 0 Å². The van der Waals surface area contributed by atoms with Crippen LogP contribution in [-0.2, 0) is 32.6 Å². The second-order valence-electron chi connectivity index (χ2n) is 9.32. The summed E-state index contributed by atoms with van der Waals surface area (Å²) in [5.41, 5.74) is 6.77. The molecule has 0 aliphatic carbocycles. The Hall–Kier alpha value is -1.59. The fourth-order valence-corrected chi connectivity index (χ4v) is 6.49. The number of carbonyl (C=O) groups is 1. The minimum atomic E-state index is -3.95. The molecule has 1 aromatic carbocycles. The van der Waals surface area contributed by atoms with Crippen LogP contribution in [0.2, 0.25) is 5.02 Å². The molecule has 4 heterocycles. The molecule has 5 rings (SSSR count). The SMILES string of the molecule is CC1(C)O[C@@H]2[C@H](O1)C(CO[PH]1(O)OCCC(c3cccc(Cl)c3)O1)O[C@H]2N1C=CCC(C(N)=O)=C1. The zero-order valence-electron chi connectivity index (χ0n) is 19.5. The molecule has 12 heteroatoms. The molecule has 0 bridgehead atoms. The summed E-state index contributed by atoms with van der Waals surface area (Å²) in [5, 5.41) is 0.585. The first-order valence-corrected chi connectivity index (χ1v) is 13.6. The number of nitrogens with two attached hydrogens (primary N) is 1. The van der Waals surface area contributed by atoms with Gasteiger partial charge in [-0.1, -0.05) is 0 Å². The Morgan fingerprint density at radius 3 is 2.91 bits per heavy atom. The summed E-state index contributed by atoms with van der Waals surface area (Å²) in [7, 11) is -3.95. The first kappa shape index (κ1) is 25.1. The van der Waals surface area contributed by atoms with Crippen LogP contribution in [0, 0.1) is 0 Å². The predicted molar refractivity (Wildman–Crippen MR) is 128 cm³/mol. The van der Waals surface area contributed by atoms with Crippen molar-refractivity contribution in [1.82, 2.24) is 4.90 Å². The Morgan fingerprint density at radius 2 is 2.14 bits per heavy atom. The number of benzene rings is 1. The summed E-state index contributed by atoms with van der Waals surface area (Å²) in [5.74, 6) is -1.33. The van der Waals surface area contributed by atoms with Crippen molar-refractivity contribution in [2.24, 2.45) is 5.73 Å². The van der Waals surface area contributed by atoms with Crippen LogP contribution < -0.4 is 5.73 Å². The van der Waals surface area contributed by atoms with Gasteiger partial charge in [-0.2, -0.15) is 0 Å². The van der Waals surface area contributed by atoms with Crippen molar-refractivity contribution in [3.8, 4) is 0 Å². The summed E-state index contributed by atoms with van der Waals surface area (Å²) in [6.45, 7) is 3.89. The summed E-state index contributed by atoms with van der Waals surface area (Å²) >= 11 is 6.11. The molecule has 1 aromatic rings. The van der Waals surface area contributed by atoms with Crippen LogP contribution in [-0.4, -0.2) is 59.2 Å². The maximum absolute atomic E-state index is 11.7. The van der Waals surface area contributed by atoms with E-state index in [2.05, 4.69) is 0 Å². The van der Waals surface area contributed by atoms with E-state index in [1.165, 1.54) is 0 Å². The van der Waals surface area contributed by atoms with E-state index in [1.807, 2.05) is 38.3 Å². The van der Waals surface area contributed by atoms with Crippen molar-refractivity contribution >= 4 is 25.7 Å². The average Bonchev–Trinajstić information content (AvgIpc) is 3.30. The number of fused-ring (bicyclic) bond motifs is 1. The maximum atomic E-state index is 11.7. The Kier molecular flexibility index (Phi) is 6.95. The van der Waals surface area contributed by atoms with Crippen LogP contribution in [0.1, 0.15) is 38.4 Å². The molecule has 3 N–H and O–H groups in total. The summed E-state index contributed by atoms with van der Waals surface area (Å²) in [6.07, 6.45) is 3.83. The minimum absolute atomic E-state index is 0.0357. The zero-order chi connectivity index (χ0) is 24.8. The van der Waals surface area contributed by atoms with E-state index in [9.17, 15) is 9.69 Å². The van der Waals surface area contributed by atoms with Crippen LogP contribution >= 0.6 is 19.8 Å². The van der Waals surface area contributed by atoms with Crippen molar-refractivity contribution in [1.29, 1.82) is 0 Å². The van der Waals surface area contributed by atoms with E-state index in [-0.39, 0.29) is 13.2 Å². The van der Waals surface area contributed by atoms with Gasteiger partial charge in [0, 0.05) is 0 Å². The first-order valence-electron chi connectivity index (χ1n) is 11.5. The second-order valence-corrected chi connectivity index (χ2v) is 11.6. The van der Waals surface area contributed by atoms with Gasteiger partial charge in [0.1, 0.15) is 0 Å². The number of halogens is 1. The third-order valence-electron chi connectivity index (χ3n) is 6.26. The molecule has 0 radical (unpaired) electrons. The molecule has 3 fully saturated rings. The summed E-state index contributed by atoms with van der Waals surface area (Å²) < 4.78 is 35.7. The standard InChI is InChI=1S/C23H30ClN2O8P/c1-23(2)32-19-18(31-22(20(19)33-23)26-9-4-6-15(12-26)21(25)27)13-30-35(28)29-10-8-17(34-35)14-5-3-7-16(24)11-14/h3-5,7,9,11-12,17-20,22,28,35H,6,8,10,13H2,1-2H3,(H2,25,27)/t17?,18?,19-,20-,22-/m1/s1. The van der Waals surface area contributed by atoms with Gasteiger partial charge in [-0.15, -0.1) is 0 Å². The van der Waals surface area contributed by atoms with Gasteiger partial charge < -0.3 is 0 Å². The fraction of sp³-hybridized carbons (Fsp3) is 0.522. The zero-order valence-corrected chi connectivity index (χ0v) is 21.2. The third kappa shape index (κ3) is 5.41. The van der Waals surface area contributed by atoms with E-state index in [0.29, 0.717) is 23.4 Å². The van der Waals surface area contributed by atoms with Crippen LogP contribution in [0.15, 0.2) is 48.3 Å². The molecule has 10 nitrogen and oxygen atoms in total. The predicted octanol–water partition coefficient (Wildman–Crippen LogP) is 3.07. The number of ether oxygens (including phenoxy) is 3. The quantitative estimate of drug-likeness (QED) is 0.536. The fourth-order valence-electron chi connectivity index (χ4n) is 4.71. The molecule has 3 saturated heterocycles. The molecular formula is C23H30ClN2O8P. The van der Waals surface area contributed by atoms with Crippen LogP contribution in [0.3, 0.4) is 0 Å². The number of hydrogen-bond acceptors (Lipinski definition) is 9. The average molecular weight is 529 g/mol. The number of carbonyl (C=O) groups excluding carboxylic acids is 1. The summed E-state index contributed by atoms with van der Waals surface area (Å²) in [6, 6.07) is 7.29. The van der Waals surface area contributed by atoms with Crippen LogP contribution in [0.5, 0.6) is 0 Å². The van der Waals surface area contributed by atoms with Gasteiger partial charge in [0.15, 0.2) is 0 Å². The third-order valence-corrected chi connectivity index (χ3v) is 8.18. The van der Waals surface area contributed by atoms with Crippen molar-refractivity contribution in [3.63, 3.8) is 0 Å². The molecule has 2 unspecified atom stereocenters. The molecule has 0 saturated carbocycles. The van der Waals surface area contributed by atoms with Crippen molar-refractivity contribution in [2.75, 3.05) is 13.2 Å². The van der Waals surface area contributed by atoms with Crippen LogP contribution in [0.25, 0.3) is 0 Å². The first-order chi connectivity index (χ1) is 16.6. The topological polar surface area (TPSA) is 122 Å². The van der Waals surface area contributed by atoms with Gasteiger partial charge in [-0.25, -0.2) is 0 Å². The molecule has 0 aromatic heterocycles. The van der Waals surface area contributed by atoms with E-state index >= 15 is 0 Å². The molecular weight excluding hydrogens is 499 g/mol. The second kappa shape index (κ2) is 9.70. The van der Waals surface area contributed by atoms with Gasteiger partial charge in [0.25, 0.3) is 0 Å². The number of nitrogens with zero attached hydrogens (tertiary/aromatic N) is 1. The van der Waals surface area contributed by atoms with Crippen molar-refractivity contribution < 1.29 is 37.5 Å². The van der Waals surface area contributed by atoms with Gasteiger partial charge in [-0.3, -0.25) is 0 Å². The monoisotopic (exact) mass is 528 g/mol. The molecule has 5 atom stereocenters. The van der Waals surface area contributed by atoms with Crippen molar-refractivity contribution in [3.05, 3.63) is 58.9 Å². The Balaban J connectivity index is 1.28. The molecule has 4 aliphatic heterocycles. The van der Waals surface area contributed by atoms with Gasteiger partial charge in [-0.05, 0) is 0 Å². The number of rotatable bonds is 6. The van der Waals surface area contributed by atoms with Crippen molar-refractivity contribution in [2.45, 2.75) is 63.1 Å². The molecule has 192 valence electrons. The number of allylic oxidation sites excluding steroid dienone is 1. The molecule has 1 amide bonds. The van der Waals surface area contributed by atoms with Gasteiger partial charge in [0.05, 0.1) is 0 Å². The van der Waals surface area contributed by atoms with Crippen LogP contribution in [0.4, 0.5) is 0 Å². The van der Waals surface area contributed by atoms with E-state index < -0.39 is 50.5 Å². The molecule has 35 heavy (non-hydrogen) atoms. The Labute approximate surface area is 209 Å². The Bertz CT molecular complexity index is 1040.